The molecule has 0 spiro atoms. The Bertz CT molecular complexity index is 478. The number of ether oxygens (including phenoxy) is 4. The minimum Gasteiger partial charge on any atom is -0.496 e. The highest BCUT2D eigenvalue weighted by Gasteiger charge is 2.03. The molecule has 1 atom stereocenters. The van der Waals surface area contributed by atoms with Gasteiger partial charge in [0.25, 0.3) is 0 Å². The minimum atomic E-state index is 0. The summed E-state index contributed by atoms with van der Waals surface area (Å²) in [7, 11) is 4.86. The SMILES string of the molecule is COCC(C)NC(N)=NCCCOc1cc(OC)cc(OC)c1.I. The number of benzene rings is 1. The lowest BCUT2D eigenvalue weighted by molar-refractivity contribution is 0.179. The van der Waals surface area contributed by atoms with Crippen LogP contribution in [-0.2, 0) is 4.74 Å². The Morgan fingerprint density at radius 2 is 1.71 bits per heavy atom. The molecule has 0 aliphatic heterocycles. The Kier molecular flexibility index (Phi) is 12.2. The van der Waals surface area contributed by atoms with Gasteiger partial charge < -0.3 is 30.0 Å². The number of guanidine groups is 1. The van der Waals surface area contributed by atoms with Crippen LogP contribution in [0.3, 0.4) is 0 Å². The largest absolute Gasteiger partial charge is 0.496 e. The summed E-state index contributed by atoms with van der Waals surface area (Å²) in [6.45, 7) is 3.67. The first kappa shape index (κ1) is 22.6. The van der Waals surface area contributed by atoms with Crippen molar-refractivity contribution in [1.29, 1.82) is 0 Å². The third-order valence-electron chi connectivity index (χ3n) is 2.99. The second kappa shape index (κ2) is 12.9. The van der Waals surface area contributed by atoms with Gasteiger partial charge in [0, 0.05) is 44.3 Å². The molecule has 0 aromatic heterocycles. The second-order valence-corrected chi connectivity index (χ2v) is 5.02. The van der Waals surface area contributed by atoms with Crippen molar-refractivity contribution < 1.29 is 18.9 Å². The molecular formula is C16H28IN3O4. The van der Waals surface area contributed by atoms with E-state index in [1.54, 1.807) is 27.4 Å². The maximum Gasteiger partial charge on any atom is 0.188 e. The van der Waals surface area contributed by atoms with E-state index in [1.165, 1.54) is 0 Å². The fourth-order valence-electron chi connectivity index (χ4n) is 1.91. The maximum atomic E-state index is 5.78. The molecule has 0 aliphatic carbocycles. The van der Waals surface area contributed by atoms with Crippen LogP contribution in [0.1, 0.15) is 13.3 Å². The number of nitrogens with zero attached hydrogens (tertiary/aromatic N) is 1. The average Bonchev–Trinajstić information content (AvgIpc) is 2.54. The lowest BCUT2D eigenvalue weighted by Gasteiger charge is -2.13. The standard InChI is InChI=1S/C16H27N3O4.HI/c1-12(11-20-2)19-16(17)18-6-5-7-23-15-9-13(21-3)8-14(10-15)22-4;/h8-10,12H,5-7,11H2,1-4H3,(H3,17,18,19);1H. The molecule has 7 nitrogen and oxygen atoms in total. The molecule has 0 amide bonds. The number of halogens is 1. The van der Waals surface area contributed by atoms with Gasteiger partial charge in [-0.1, -0.05) is 0 Å². The highest BCUT2D eigenvalue weighted by Crippen LogP contribution is 2.27. The van der Waals surface area contributed by atoms with E-state index in [1.807, 2.05) is 19.1 Å². The van der Waals surface area contributed by atoms with E-state index in [2.05, 4.69) is 10.3 Å². The smallest absolute Gasteiger partial charge is 0.188 e. The molecule has 138 valence electrons. The molecule has 3 N–H and O–H groups in total. The van der Waals surface area contributed by atoms with Crippen LogP contribution in [0.25, 0.3) is 0 Å². The Hall–Kier alpha value is -1.42. The van der Waals surface area contributed by atoms with Crippen LogP contribution in [0.15, 0.2) is 23.2 Å². The van der Waals surface area contributed by atoms with E-state index < -0.39 is 0 Å². The van der Waals surface area contributed by atoms with Gasteiger partial charge in [-0.05, 0) is 6.92 Å². The Morgan fingerprint density at radius 1 is 1.12 bits per heavy atom. The highest BCUT2D eigenvalue weighted by molar-refractivity contribution is 14.0. The van der Waals surface area contributed by atoms with E-state index in [0.717, 1.165) is 6.42 Å². The first-order valence-electron chi connectivity index (χ1n) is 7.50. The molecule has 0 heterocycles. The Morgan fingerprint density at radius 3 is 2.25 bits per heavy atom. The molecule has 0 aliphatic rings. The van der Waals surface area contributed by atoms with Gasteiger partial charge in [0.1, 0.15) is 17.2 Å². The second-order valence-electron chi connectivity index (χ2n) is 5.02. The lowest BCUT2D eigenvalue weighted by atomic mass is 10.3. The Balaban J connectivity index is 0.00000529. The summed E-state index contributed by atoms with van der Waals surface area (Å²) in [4.78, 5) is 4.24. The van der Waals surface area contributed by atoms with E-state index in [9.17, 15) is 0 Å². The summed E-state index contributed by atoms with van der Waals surface area (Å²) in [5.74, 6) is 2.50. The van der Waals surface area contributed by atoms with Crippen LogP contribution in [0, 0.1) is 0 Å². The summed E-state index contributed by atoms with van der Waals surface area (Å²) in [6, 6.07) is 5.55. The number of methoxy groups -OCH3 is 3. The number of rotatable bonds is 10. The highest BCUT2D eigenvalue weighted by atomic mass is 127. The van der Waals surface area contributed by atoms with Crippen LogP contribution in [-0.4, -0.2) is 53.1 Å². The predicted molar refractivity (Wildman–Crippen MR) is 106 cm³/mol. The third-order valence-corrected chi connectivity index (χ3v) is 2.99. The number of hydrogen-bond acceptors (Lipinski definition) is 5. The first-order chi connectivity index (χ1) is 11.1. The van der Waals surface area contributed by atoms with Crippen molar-refractivity contribution in [3.05, 3.63) is 18.2 Å². The summed E-state index contributed by atoms with van der Waals surface area (Å²) in [6.07, 6.45) is 0.751. The van der Waals surface area contributed by atoms with Crippen molar-refractivity contribution in [1.82, 2.24) is 5.32 Å². The van der Waals surface area contributed by atoms with Gasteiger partial charge in [0.15, 0.2) is 5.96 Å². The minimum absolute atomic E-state index is 0. The van der Waals surface area contributed by atoms with Crippen LogP contribution < -0.4 is 25.3 Å². The van der Waals surface area contributed by atoms with Gasteiger partial charge >= 0.3 is 0 Å². The van der Waals surface area contributed by atoms with Gasteiger partial charge in [-0.25, -0.2) is 0 Å². The monoisotopic (exact) mass is 453 g/mol. The maximum absolute atomic E-state index is 5.78. The van der Waals surface area contributed by atoms with Gasteiger partial charge in [-0.15, -0.1) is 24.0 Å². The molecule has 0 radical (unpaired) electrons. The van der Waals surface area contributed by atoms with Gasteiger partial charge in [-0.3, -0.25) is 4.99 Å². The van der Waals surface area contributed by atoms with Crippen molar-refractivity contribution in [2.24, 2.45) is 10.7 Å². The molecule has 0 saturated carbocycles. The van der Waals surface area contributed by atoms with Crippen molar-refractivity contribution in [2.45, 2.75) is 19.4 Å². The fraction of sp³-hybridized carbons (Fsp3) is 0.562. The molecule has 1 aromatic rings. The van der Waals surface area contributed by atoms with Crippen LogP contribution in [0.2, 0.25) is 0 Å². The van der Waals surface area contributed by atoms with E-state index in [4.69, 9.17) is 24.7 Å². The quantitative estimate of drug-likeness (QED) is 0.244. The zero-order valence-electron chi connectivity index (χ0n) is 14.7. The average molecular weight is 453 g/mol. The number of aliphatic imine (C=N–C) groups is 1. The molecule has 1 unspecified atom stereocenters. The van der Waals surface area contributed by atoms with Crippen LogP contribution in [0.5, 0.6) is 17.2 Å². The molecule has 8 heteroatoms. The summed E-state index contributed by atoms with van der Waals surface area (Å²) in [5.41, 5.74) is 5.78. The first-order valence-corrected chi connectivity index (χ1v) is 7.50. The number of hydrogen-bond donors (Lipinski definition) is 2. The van der Waals surface area contributed by atoms with Gasteiger partial charge in [-0.2, -0.15) is 0 Å². The van der Waals surface area contributed by atoms with Gasteiger partial charge in [0.2, 0.25) is 0 Å². The molecule has 0 bridgehead atoms. The lowest BCUT2D eigenvalue weighted by Crippen LogP contribution is -2.40. The topological polar surface area (TPSA) is 87.3 Å². The normalized spacial score (nSPS) is 12.1. The van der Waals surface area contributed by atoms with E-state index >= 15 is 0 Å². The van der Waals surface area contributed by atoms with Crippen LogP contribution >= 0.6 is 24.0 Å². The van der Waals surface area contributed by atoms with Crippen molar-refractivity contribution in [3.63, 3.8) is 0 Å². The predicted octanol–water partition coefficient (Wildman–Crippen LogP) is 2.03. The molecule has 1 aromatic carbocycles. The molecular weight excluding hydrogens is 425 g/mol. The van der Waals surface area contributed by atoms with Crippen molar-refractivity contribution >= 4 is 29.9 Å². The number of nitrogens with two attached hydrogens (primary N) is 1. The zero-order chi connectivity index (χ0) is 17.1. The van der Waals surface area contributed by atoms with E-state index in [0.29, 0.717) is 43.0 Å². The summed E-state index contributed by atoms with van der Waals surface area (Å²) < 4.78 is 21.1. The summed E-state index contributed by atoms with van der Waals surface area (Å²) in [5, 5.41) is 3.05. The fourth-order valence-corrected chi connectivity index (χ4v) is 1.91. The third kappa shape index (κ3) is 9.02. The molecule has 24 heavy (non-hydrogen) atoms. The molecule has 0 fully saturated rings. The zero-order valence-corrected chi connectivity index (χ0v) is 17.0. The Labute approximate surface area is 160 Å². The molecule has 0 saturated heterocycles. The van der Waals surface area contributed by atoms with Crippen LogP contribution in [0.4, 0.5) is 0 Å². The van der Waals surface area contributed by atoms with E-state index in [-0.39, 0.29) is 30.0 Å². The molecule has 1 rings (SSSR count). The van der Waals surface area contributed by atoms with Crippen molar-refractivity contribution in [2.75, 3.05) is 41.1 Å². The number of nitrogens with one attached hydrogen (secondary N) is 1. The van der Waals surface area contributed by atoms with Gasteiger partial charge in [0.05, 0.1) is 27.4 Å². The summed E-state index contributed by atoms with van der Waals surface area (Å²) >= 11 is 0. The van der Waals surface area contributed by atoms with Crippen molar-refractivity contribution in [3.8, 4) is 17.2 Å².